The summed E-state index contributed by atoms with van der Waals surface area (Å²) >= 11 is 0. The van der Waals surface area contributed by atoms with Gasteiger partial charge in [-0.15, -0.1) is 0 Å². The topological polar surface area (TPSA) is 77.5 Å². The van der Waals surface area contributed by atoms with E-state index < -0.39 is 21.6 Å². The predicted molar refractivity (Wildman–Crippen MR) is 142 cm³/mol. The molecule has 1 aromatic rings. The first-order valence-corrected chi connectivity index (χ1v) is 16.6. The first-order valence-electron chi connectivity index (χ1n) is 14.8. The Balaban J connectivity index is 0.926. The van der Waals surface area contributed by atoms with Crippen molar-refractivity contribution in [3.8, 4) is 5.75 Å². The maximum absolute atomic E-state index is 11.7. The predicted octanol–water partition coefficient (Wildman–Crippen LogP) is 4.13. The summed E-state index contributed by atoms with van der Waals surface area (Å²) in [6, 6.07) is 8.53. The van der Waals surface area contributed by atoms with E-state index in [0.717, 1.165) is 62.9 Å². The van der Waals surface area contributed by atoms with Gasteiger partial charge in [-0.1, -0.05) is 12.1 Å². The van der Waals surface area contributed by atoms with Gasteiger partial charge in [-0.3, -0.25) is 4.90 Å². The average molecular weight is 547 g/mol. The number of hydrogen-bond acceptors (Lipinski definition) is 7. The lowest BCUT2D eigenvalue weighted by Gasteiger charge is -2.57. The fourth-order valence-electron chi connectivity index (χ4n) is 8.67. The highest BCUT2D eigenvalue weighted by molar-refractivity contribution is 7.88. The summed E-state index contributed by atoms with van der Waals surface area (Å²) < 4.78 is 37.9. The first-order chi connectivity index (χ1) is 18.3. The molecule has 5 aliphatic carbocycles. The Morgan fingerprint density at radius 1 is 0.947 bits per heavy atom. The van der Waals surface area contributed by atoms with Gasteiger partial charge in [0, 0.05) is 57.4 Å². The molecule has 38 heavy (non-hydrogen) atoms. The lowest BCUT2D eigenvalue weighted by Crippen LogP contribution is -2.59. The second kappa shape index (κ2) is 9.70. The van der Waals surface area contributed by atoms with Crippen LogP contribution in [0.15, 0.2) is 24.3 Å². The summed E-state index contributed by atoms with van der Waals surface area (Å²) in [7, 11) is -3.09. The van der Waals surface area contributed by atoms with Crippen LogP contribution in [0.1, 0.15) is 69.3 Å². The van der Waals surface area contributed by atoms with E-state index in [1.165, 1.54) is 43.9 Å². The number of hydrogen-bond donors (Lipinski definition) is 0. The molecule has 9 heteroatoms. The molecule has 0 radical (unpaired) electrons. The quantitative estimate of drug-likeness (QED) is 0.497. The van der Waals surface area contributed by atoms with Gasteiger partial charge in [-0.05, 0) is 80.4 Å². The molecule has 0 amide bonds. The van der Waals surface area contributed by atoms with Gasteiger partial charge >= 0.3 is 0 Å². The van der Waals surface area contributed by atoms with Gasteiger partial charge in [0.05, 0.1) is 6.26 Å². The fourth-order valence-corrected chi connectivity index (χ4v) is 9.50. The van der Waals surface area contributed by atoms with E-state index in [1.54, 1.807) is 4.31 Å². The molecule has 2 aliphatic heterocycles. The average Bonchev–Trinajstić information content (AvgIpc) is 3.26. The summed E-state index contributed by atoms with van der Waals surface area (Å²) in [6.07, 6.45) is 11.7. The minimum absolute atomic E-state index is 0.388. The molecule has 2 atom stereocenters. The van der Waals surface area contributed by atoms with Gasteiger partial charge in [0.25, 0.3) is 0 Å². The molecular formula is C29H42N2O6S. The third-order valence-electron chi connectivity index (χ3n) is 10.4. The van der Waals surface area contributed by atoms with Crippen LogP contribution in [0.4, 0.5) is 0 Å². The Bertz CT molecular complexity index is 1090. The van der Waals surface area contributed by atoms with Crippen molar-refractivity contribution in [1.29, 1.82) is 0 Å². The summed E-state index contributed by atoms with van der Waals surface area (Å²) in [5.74, 6) is 2.90. The molecular weight excluding hydrogens is 504 g/mol. The Morgan fingerprint density at radius 3 is 2.29 bits per heavy atom. The lowest BCUT2D eigenvalue weighted by atomic mass is 9.53. The zero-order valence-corrected chi connectivity index (χ0v) is 23.4. The monoisotopic (exact) mass is 546 g/mol. The third-order valence-corrected chi connectivity index (χ3v) is 11.7. The highest BCUT2D eigenvalue weighted by atomic mass is 32.2. The molecule has 2 heterocycles. The van der Waals surface area contributed by atoms with Gasteiger partial charge in [0.15, 0.2) is 0 Å². The van der Waals surface area contributed by atoms with Gasteiger partial charge in [0.1, 0.15) is 12.4 Å². The van der Waals surface area contributed by atoms with Crippen molar-refractivity contribution in [2.24, 2.45) is 23.7 Å². The van der Waals surface area contributed by atoms with Crippen LogP contribution in [0.2, 0.25) is 0 Å². The zero-order valence-electron chi connectivity index (χ0n) is 22.6. The van der Waals surface area contributed by atoms with Gasteiger partial charge in [0.2, 0.25) is 21.6 Å². The first kappa shape index (κ1) is 25.7. The molecule has 4 bridgehead atoms. The van der Waals surface area contributed by atoms with Crippen LogP contribution in [-0.4, -0.2) is 74.8 Å². The summed E-state index contributed by atoms with van der Waals surface area (Å²) in [5, 5.41) is 0. The molecule has 7 aliphatic rings. The van der Waals surface area contributed by atoms with Gasteiger partial charge < -0.3 is 9.47 Å². The molecule has 1 aromatic carbocycles. The Labute approximate surface area is 226 Å². The van der Waals surface area contributed by atoms with Crippen molar-refractivity contribution in [3.63, 3.8) is 0 Å². The van der Waals surface area contributed by atoms with Crippen molar-refractivity contribution in [2.75, 3.05) is 45.6 Å². The van der Waals surface area contributed by atoms with Crippen LogP contribution in [0.3, 0.4) is 0 Å². The Kier molecular flexibility index (Phi) is 6.57. The number of ether oxygens (including phenoxy) is 2. The van der Waals surface area contributed by atoms with E-state index in [1.807, 2.05) is 0 Å². The van der Waals surface area contributed by atoms with Crippen molar-refractivity contribution >= 4 is 10.0 Å². The molecule has 1 unspecified atom stereocenters. The third kappa shape index (κ3) is 4.71. The minimum atomic E-state index is -3.09. The largest absolute Gasteiger partial charge is 0.492 e. The van der Waals surface area contributed by atoms with Crippen LogP contribution >= 0.6 is 0 Å². The second-order valence-corrected chi connectivity index (χ2v) is 14.9. The maximum atomic E-state index is 11.7. The van der Waals surface area contributed by atoms with Crippen LogP contribution < -0.4 is 4.74 Å². The van der Waals surface area contributed by atoms with E-state index in [0.29, 0.717) is 37.5 Å². The van der Waals surface area contributed by atoms with E-state index in [4.69, 9.17) is 19.2 Å². The van der Waals surface area contributed by atoms with Crippen LogP contribution in [0.25, 0.3) is 0 Å². The summed E-state index contributed by atoms with van der Waals surface area (Å²) in [5.41, 5.74) is 1.31. The van der Waals surface area contributed by atoms with E-state index >= 15 is 0 Å². The minimum Gasteiger partial charge on any atom is -0.492 e. The zero-order chi connectivity index (χ0) is 26.0. The summed E-state index contributed by atoms with van der Waals surface area (Å²) in [6.45, 7) is 3.99. The number of sulfonamides is 1. The molecule has 8 rings (SSSR count). The fraction of sp³-hybridized carbons (Fsp3) is 0.793. The van der Waals surface area contributed by atoms with Gasteiger partial charge in [-0.25, -0.2) is 8.42 Å². The number of rotatable bonds is 6. The van der Waals surface area contributed by atoms with Gasteiger partial charge in [-0.2, -0.15) is 14.1 Å². The van der Waals surface area contributed by atoms with Crippen molar-refractivity contribution in [1.82, 2.24) is 9.21 Å². The highest BCUT2D eigenvalue weighted by Crippen LogP contribution is 2.64. The standard InChI is InChI=1S/C29H42N2O6S/c1-38(32,33)31-11-9-30(10-12-31)13-14-34-27-6-4-23(5-7-27)24-3-2-8-28(20-24)35-29(37-36-28)25-16-21-15-22(18-25)19-26(29)17-21/h4-7,21-22,24-26H,2-3,8-20H2,1H3/t21?,22?,24?,25?,26?,28-,29?/m1/s1. The Hall–Kier alpha value is -1.23. The van der Waals surface area contributed by atoms with Crippen molar-refractivity contribution in [3.05, 3.63) is 29.8 Å². The molecule has 7 fully saturated rings. The second-order valence-electron chi connectivity index (χ2n) is 12.9. The van der Waals surface area contributed by atoms with Crippen molar-refractivity contribution in [2.45, 2.75) is 75.3 Å². The van der Waals surface area contributed by atoms with Crippen molar-refractivity contribution < 1.29 is 27.7 Å². The molecule has 8 nitrogen and oxygen atoms in total. The highest BCUT2D eigenvalue weighted by Gasteiger charge is 2.67. The lowest BCUT2D eigenvalue weighted by molar-refractivity contribution is -0.390. The maximum Gasteiger partial charge on any atom is 0.211 e. The van der Waals surface area contributed by atoms with E-state index in [2.05, 4.69) is 29.2 Å². The molecule has 2 saturated heterocycles. The summed E-state index contributed by atoms with van der Waals surface area (Å²) in [4.78, 5) is 14.7. The molecule has 0 aromatic heterocycles. The van der Waals surface area contributed by atoms with E-state index in [-0.39, 0.29) is 0 Å². The number of benzene rings is 1. The molecule has 2 spiro atoms. The smallest absolute Gasteiger partial charge is 0.211 e. The van der Waals surface area contributed by atoms with Crippen LogP contribution in [-0.2, 0) is 24.5 Å². The normalized spacial score (nSPS) is 41.3. The Morgan fingerprint density at radius 2 is 1.63 bits per heavy atom. The van der Waals surface area contributed by atoms with Crippen LogP contribution in [0.5, 0.6) is 5.75 Å². The molecule has 210 valence electrons. The molecule has 5 saturated carbocycles. The number of nitrogens with zero attached hydrogens (tertiary/aromatic N) is 2. The SMILES string of the molecule is CS(=O)(=O)N1CCN(CCOc2ccc(C3CCC[C@]4(C3)OOC3(O4)C4CC5CC(C4)CC3C5)cc2)CC1. The molecule has 0 N–H and O–H groups in total. The van der Waals surface area contributed by atoms with E-state index in [9.17, 15) is 8.42 Å². The van der Waals surface area contributed by atoms with Crippen LogP contribution in [0, 0.1) is 23.7 Å². The number of piperazine rings is 1.